The van der Waals surface area contributed by atoms with Crippen LogP contribution in [0, 0.1) is 17.0 Å². The molecule has 0 amide bonds. The Bertz CT molecular complexity index is 528. The van der Waals surface area contributed by atoms with Crippen molar-refractivity contribution in [2.45, 2.75) is 52.0 Å². The van der Waals surface area contributed by atoms with Crippen LogP contribution in [0.1, 0.15) is 26.5 Å². The lowest BCUT2D eigenvalue weighted by molar-refractivity contribution is -0.386. The summed E-state index contributed by atoms with van der Waals surface area (Å²) in [5.74, 6) is -0.197. The van der Waals surface area contributed by atoms with Crippen LogP contribution >= 0.6 is 0 Å². The van der Waals surface area contributed by atoms with E-state index in [0.29, 0.717) is 0 Å². The number of ether oxygens (including phenoxy) is 1. The third-order valence-electron chi connectivity index (χ3n) is 3.90. The number of aromatic amines is 1. The molecule has 0 saturated heterocycles. The Hall–Kier alpha value is -1.48. The molecule has 0 aliphatic carbocycles. The second kappa shape index (κ2) is 6.74. The van der Waals surface area contributed by atoms with E-state index < -0.39 is 19.4 Å². The first-order valence-electron chi connectivity index (χ1n) is 7.06. The van der Waals surface area contributed by atoms with Gasteiger partial charge in [0, 0.05) is 0 Å². The average molecular weight is 333 g/mol. The minimum absolute atomic E-state index is 0.00826. The first kappa shape index (κ1) is 18.6. The zero-order valence-electron chi connectivity index (χ0n) is 13.9. The first-order chi connectivity index (χ1) is 9.95. The number of hydrogen-bond acceptors (Lipinski definition) is 5. The van der Waals surface area contributed by atoms with Crippen molar-refractivity contribution >= 4 is 14.0 Å². The van der Waals surface area contributed by atoms with Crippen LogP contribution in [-0.2, 0) is 4.43 Å². The van der Waals surface area contributed by atoms with Gasteiger partial charge in [0.05, 0.1) is 11.5 Å². The summed E-state index contributed by atoms with van der Waals surface area (Å²) in [4.78, 5) is 10.3. The van der Waals surface area contributed by atoms with Crippen LogP contribution in [0.4, 0.5) is 10.1 Å². The molecule has 0 radical (unpaired) electrons. The predicted molar refractivity (Wildman–Crippen MR) is 83.5 cm³/mol. The third-order valence-corrected chi connectivity index (χ3v) is 8.40. The Morgan fingerprint density at radius 2 is 2.00 bits per heavy atom. The van der Waals surface area contributed by atoms with Gasteiger partial charge in [-0.3, -0.25) is 15.2 Å². The predicted octanol–water partition coefficient (Wildman–Crippen LogP) is 3.37. The zero-order chi connectivity index (χ0) is 17.1. The number of alkyl halides is 1. The third kappa shape index (κ3) is 4.50. The first-order valence-corrected chi connectivity index (χ1v) is 9.96. The molecule has 1 heterocycles. The maximum Gasteiger partial charge on any atom is 0.352 e. The van der Waals surface area contributed by atoms with Gasteiger partial charge in [-0.05, 0) is 25.1 Å². The molecule has 1 atom stereocenters. The SMILES string of the molecule is Cc1[nH]nc(OCC(F)CO[Si](C)(C)C(C)(C)C)c1[N+](=O)[O-]. The van der Waals surface area contributed by atoms with Gasteiger partial charge in [-0.25, -0.2) is 4.39 Å². The molecular formula is C13H24FN3O4Si. The Morgan fingerprint density at radius 3 is 2.50 bits per heavy atom. The molecule has 0 aliphatic heterocycles. The lowest BCUT2D eigenvalue weighted by Gasteiger charge is -2.36. The topological polar surface area (TPSA) is 90.3 Å². The van der Waals surface area contributed by atoms with Gasteiger partial charge in [0.15, 0.2) is 14.5 Å². The van der Waals surface area contributed by atoms with Crippen LogP contribution in [0.15, 0.2) is 0 Å². The van der Waals surface area contributed by atoms with Gasteiger partial charge in [0.25, 0.3) is 0 Å². The maximum absolute atomic E-state index is 13.9. The van der Waals surface area contributed by atoms with E-state index in [1.165, 1.54) is 6.92 Å². The van der Waals surface area contributed by atoms with E-state index in [9.17, 15) is 14.5 Å². The van der Waals surface area contributed by atoms with E-state index in [4.69, 9.17) is 9.16 Å². The van der Waals surface area contributed by atoms with Crippen LogP contribution in [0.2, 0.25) is 18.1 Å². The Morgan fingerprint density at radius 1 is 1.41 bits per heavy atom. The molecule has 22 heavy (non-hydrogen) atoms. The smallest absolute Gasteiger partial charge is 0.352 e. The van der Waals surface area contributed by atoms with Gasteiger partial charge in [-0.1, -0.05) is 20.8 Å². The summed E-state index contributed by atoms with van der Waals surface area (Å²) in [7, 11) is -2.03. The number of aromatic nitrogens is 2. The quantitative estimate of drug-likeness (QED) is 0.469. The van der Waals surface area contributed by atoms with Gasteiger partial charge in [0.1, 0.15) is 12.3 Å². The van der Waals surface area contributed by atoms with Crippen LogP contribution in [0.3, 0.4) is 0 Å². The molecule has 9 heteroatoms. The standard InChI is InChI=1S/C13H24FN3O4Si/c1-9-11(17(18)19)12(16-15-9)20-7-10(14)8-21-22(5,6)13(2,3)4/h10H,7-8H2,1-6H3,(H,15,16). The van der Waals surface area contributed by atoms with E-state index in [1.54, 1.807) is 0 Å². The van der Waals surface area contributed by atoms with Gasteiger partial charge < -0.3 is 9.16 Å². The van der Waals surface area contributed by atoms with Crippen LogP contribution in [0.5, 0.6) is 5.88 Å². The van der Waals surface area contributed by atoms with Gasteiger partial charge >= 0.3 is 11.6 Å². The molecule has 0 fully saturated rings. The number of halogens is 1. The van der Waals surface area contributed by atoms with Crippen molar-refractivity contribution in [3.63, 3.8) is 0 Å². The van der Waals surface area contributed by atoms with Crippen molar-refractivity contribution < 1.29 is 18.5 Å². The summed E-state index contributed by atoms with van der Waals surface area (Å²) in [5.41, 5.74) is 0.00504. The summed E-state index contributed by atoms with van der Waals surface area (Å²) in [5, 5.41) is 17.0. The minimum atomic E-state index is -2.03. The van der Waals surface area contributed by atoms with Gasteiger partial charge in [-0.2, -0.15) is 0 Å². The Labute approximate surface area is 130 Å². The average Bonchev–Trinajstić information content (AvgIpc) is 2.74. The fourth-order valence-corrected chi connectivity index (χ4v) is 2.48. The van der Waals surface area contributed by atoms with E-state index in [1.807, 2.05) is 13.1 Å². The normalized spacial score (nSPS) is 14.0. The van der Waals surface area contributed by atoms with Gasteiger partial charge in [-0.15, -0.1) is 5.10 Å². The zero-order valence-corrected chi connectivity index (χ0v) is 14.9. The number of nitro groups is 1. The molecule has 1 unspecified atom stereocenters. The molecule has 1 aromatic heterocycles. The fraction of sp³-hybridized carbons (Fsp3) is 0.769. The number of nitrogens with one attached hydrogen (secondary N) is 1. The molecule has 126 valence electrons. The molecule has 1 rings (SSSR count). The lowest BCUT2D eigenvalue weighted by atomic mass is 10.2. The minimum Gasteiger partial charge on any atom is -0.469 e. The summed E-state index contributed by atoms with van der Waals surface area (Å²) in [6.45, 7) is 11.3. The number of rotatable bonds is 7. The van der Waals surface area contributed by atoms with Crippen molar-refractivity contribution in [2.75, 3.05) is 13.2 Å². The van der Waals surface area contributed by atoms with Crippen LogP contribution < -0.4 is 4.74 Å². The van der Waals surface area contributed by atoms with Crippen molar-refractivity contribution in [2.24, 2.45) is 0 Å². The highest BCUT2D eigenvalue weighted by Gasteiger charge is 2.37. The van der Waals surface area contributed by atoms with Crippen molar-refractivity contribution in [3.8, 4) is 5.88 Å². The summed E-state index contributed by atoms with van der Waals surface area (Å²) in [6.07, 6.45) is -1.37. The molecule has 7 nitrogen and oxygen atoms in total. The van der Waals surface area contributed by atoms with Crippen LogP contribution in [-0.4, -0.2) is 42.8 Å². The Kier molecular flexibility index (Phi) is 5.69. The summed E-state index contributed by atoms with van der Waals surface area (Å²) in [6, 6.07) is 0. The van der Waals surface area contributed by atoms with E-state index in [0.717, 1.165) is 0 Å². The molecule has 0 aromatic carbocycles. The number of H-pyrrole nitrogens is 1. The Balaban J connectivity index is 2.54. The molecule has 0 spiro atoms. The molecule has 0 saturated carbocycles. The van der Waals surface area contributed by atoms with Crippen molar-refractivity contribution in [1.82, 2.24) is 10.2 Å². The highest BCUT2D eigenvalue weighted by Crippen LogP contribution is 2.36. The lowest BCUT2D eigenvalue weighted by Crippen LogP contribution is -2.42. The van der Waals surface area contributed by atoms with Crippen molar-refractivity contribution in [3.05, 3.63) is 15.8 Å². The molecule has 1 aromatic rings. The number of hydrogen-bond donors (Lipinski definition) is 1. The maximum atomic E-state index is 13.9. The van der Waals surface area contributed by atoms with Crippen molar-refractivity contribution in [1.29, 1.82) is 0 Å². The second-order valence-electron chi connectivity index (χ2n) is 6.74. The summed E-state index contributed by atoms with van der Waals surface area (Å²) >= 11 is 0. The molecule has 1 N–H and O–H groups in total. The fourth-order valence-electron chi connectivity index (χ4n) is 1.45. The molecule has 0 aliphatic rings. The summed E-state index contributed by atoms with van der Waals surface area (Å²) < 4.78 is 24.8. The van der Waals surface area contributed by atoms with Gasteiger partial charge in [0.2, 0.25) is 0 Å². The largest absolute Gasteiger partial charge is 0.469 e. The van der Waals surface area contributed by atoms with E-state index in [2.05, 4.69) is 31.0 Å². The highest BCUT2D eigenvalue weighted by molar-refractivity contribution is 6.74. The number of aryl methyl sites for hydroxylation is 1. The monoisotopic (exact) mass is 333 g/mol. The highest BCUT2D eigenvalue weighted by atomic mass is 28.4. The van der Waals surface area contributed by atoms with E-state index >= 15 is 0 Å². The molecular weight excluding hydrogens is 309 g/mol. The van der Waals surface area contributed by atoms with Crippen LogP contribution in [0.25, 0.3) is 0 Å². The number of nitrogens with zero attached hydrogens (tertiary/aromatic N) is 2. The second-order valence-corrected chi connectivity index (χ2v) is 11.5. The molecule has 0 bridgehead atoms. The van der Waals surface area contributed by atoms with E-state index in [-0.39, 0.29) is 35.5 Å².